The number of hydrogen-bond acceptors (Lipinski definition) is 3. The summed E-state index contributed by atoms with van der Waals surface area (Å²) in [6.45, 7) is 4.83. The van der Waals surface area contributed by atoms with E-state index in [4.69, 9.17) is 5.73 Å². The van der Waals surface area contributed by atoms with Crippen LogP contribution >= 0.6 is 12.4 Å². The molecule has 0 atom stereocenters. The molecule has 2 amide bonds. The molecule has 0 bridgehead atoms. The second-order valence-corrected chi connectivity index (χ2v) is 5.74. The van der Waals surface area contributed by atoms with E-state index < -0.39 is 5.54 Å². The van der Waals surface area contributed by atoms with Crippen molar-refractivity contribution in [1.82, 2.24) is 5.32 Å². The summed E-state index contributed by atoms with van der Waals surface area (Å²) in [5.74, 6) is -0.0567. The third kappa shape index (κ3) is 4.19. The van der Waals surface area contributed by atoms with Crippen LogP contribution in [0.3, 0.4) is 0 Å². The number of nitrogens with zero attached hydrogens (tertiary/aromatic N) is 1. The standard InChI is InChI=1S/C15H21N3O2.ClH/c1-15(2,10-16)17-14(20)11-5-3-6-12(9-11)18-8-4-7-13(18)19;/h3,5-6,9H,4,7-8,10,16H2,1-2H3,(H,17,20);1H. The molecular formula is C15H22ClN3O2. The predicted octanol–water partition coefficient (Wildman–Crippen LogP) is 1.70. The van der Waals surface area contributed by atoms with Gasteiger partial charge in [0.25, 0.3) is 5.91 Å². The van der Waals surface area contributed by atoms with Gasteiger partial charge in [-0.2, -0.15) is 0 Å². The second kappa shape index (κ2) is 6.91. The number of amides is 2. The molecule has 0 unspecified atom stereocenters. The highest BCUT2D eigenvalue weighted by Crippen LogP contribution is 2.22. The van der Waals surface area contributed by atoms with Gasteiger partial charge in [-0.15, -0.1) is 12.4 Å². The molecule has 0 radical (unpaired) electrons. The van der Waals surface area contributed by atoms with Crippen LogP contribution in [0.4, 0.5) is 5.69 Å². The third-order valence-electron chi connectivity index (χ3n) is 3.46. The van der Waals surface area contributed by atoms with E-state index in [1.54, 1.807) is 23.1 Å². The van der Waals surface area contributed by atoms with Gasteiger partial charge in [-0.05, 0) is 38.5 Å². The monoisotopic (exact) mass is 311 g/mol. The molecule has 2 rings (SSSR count). The van der Waals surface area contributed by atoms with Gasteiger partial charge in [0.05, 0.1) is 0 Å². The summed E-state index contributed by atoms with van der Waals surface area (Å²) in [4.78, 5) is 25.7. The highest BCUT2D eigenvalue weighted by molar-refractivity contribution is 5.99. The van der Waals surface area contributed by atoms with Crippen molar-refractivity contribution in [3.63, 3.8) is 0 Å². The van der Waals surface area contributed by atoms with E-state index in [-0.39, 0.29) is 24.2 Å². The molecular weight excluding hydrogens is 290 g/mol. The van der Waals surface area contributed by atoms with Crippen LogP contribution in [0.25, 0.3) is 0 Å². The minimum absolute atomic E-state index is 0. The summed E-state index contributed by atoms with van der Waals surface area (Å²) >= 11 is 0. The molecule has 6 heteroatoms. The Kier molecular flexibility index (Phi) is 5.75. The van der Waals surface area contributed by atoms with E-state index in [0.29, 0.717) is 18.5 Å². The van der Waals surface area contributed by atoms with Gasteiger partial charge in [-0.1, -0.05) is 6.07 Å². The lowest BCUT2D eigenvalue weighted by Gasteiger charge is -2.24. The summed E-state index contributed by atoms with van der Waals surface area (Å²) in [7, 11) is 0. The van der Waals surface area contributed by atoms with Gasteiger partial charge < -0.3 is 16.0 Å². The fourth-order valence-electron chi connectivity index (χ4n) is 2.17. The lowest BCUT2D eigenvalue weighted by atomic mass is 10.0. The van der Waals surface area contributed by atoms with E-state index in [0.717, 1.165) is 18.7 Å². The summed E-state index contributed by atoms with van der Waals surface area (Å²) < 4.78 is 0. The minimum Gasteiger partial charge on any atom is -0.346 e. The molecule has 1 heterocycles. The fraction of sp³-hybridized carbons (Fsp3) is 0.467. The van der Waals surface area contributed by atoms with Crippen LogP contribution in [0.2, 0.25) is 0 Å². The van der Waals surface area contributed by atoms with E-state index >= 15 is 0 Å². The maximum atomic E-state index is 12.2. The zero-order valence-corrected chi connectivity index (χ0v) is 13.2. The van der Waals surface area contributed by atoms with E-state index in [2.05, 4.69) is 5.32 Å². The minimum atomic E-state index is -0.448. The van der Waals surface area contributed by atoms with Gasteiger partial charge >= 0.3 is 0 Å². The highest BCUT2D eigenvalue weighted by Gasteiger charge is 2.23. The molecule has 116 valence electrons. The zero-order valence-electron chi connectivity index (χ0n) is 12.4. The lowest BCUT2D eigenvalue weighted by molar-refractivity contribution is -0.117. The molecule has 0 spiro atoms. The van der Waals surface area contributed by atoms with Crippen molar-refractivity contribution in [2.75, 3.05) is 18.0 Å². The number of anilines is 1. The van der Waals surface area contributed by atoms with Crippen molar-refractivity contribution in [2.24, 2.45) is 5.73 Å². The average Bonchev–Trinajstić information content (AvgIpc) is 2.85. The molecule has 5 nitrogen and oxygen atoms in total. The van der Waals surface area contributed by atoms with Crippen LogP contribution in [0, 0.1) is 0 Å². The Balaban J connectivity index is 0.00000220. The number of carbonyl (C=O) groups excluding carboxylic acids is 2. The number of carbonyl (C=O) groups is 2. The van der Waals surface area contributed by atoms with Crippen molar-refractivity contribution in [2.45, 2.75) is 32.2 Å². The van der Waals surface area contributed by atoms with Gasteiger partial charge in [0, 0.05) is 36.3 Å². The molecule has 3 N–H and O–H groups in total. The molecule has 0 saturated carbocycles. The van der Waals surface area contributed by atoms with Gasteiger partial charge in [-0.25, -0.2) is 0 Å². The maximum absolute atomic E-state index is 12.2. The normalized spacial score (nSPS) is 14.8. The molecule has 1 aliphatic rings. The Labute approximate surface area is 131 Å². The number of benzene rings is 1. The molecule has 21 heavy (non-hydrogen) atoms. The molecule has 1 saturated heterocycles. The number of halogens is 1. The number of nitrogens with two attached hydrogens (primary N) is 1. The van der Waals surface area contributed by atoms with Crippen molar-refractivity contribution in [1.29, 1.82) is 0 Å². The molecule has 1 aliphatic heterocycles. The molecule has 0 aromatic heterocycles. The van der Waals surface area contributed by atoms with Gasteiger partial charge in [-0.3, -0.25) is 9.59 Å². The van der Waals surface area contributed by atoms with Crippen molar-refractivity contribution >= 4 is 29.9 Å². The van der Waals surface area contributed by atoms with Crippen molar-refractivity contribution in [3.8, 4) is 0 Å². The van der Waals surface area contributed by atoms with Crippen LogP contribution in [0.15, 0.2) is 24.3 Å². The van der Waals surface area contributed by atoms with Crippen molar-refractivity contribution < 1.29 is 9.59 Å². The Hall–Kier alpha value is -1.59. The maximum Gasteiger partial charge on any atom is 0.251 e. The predicted molar refractivity (Wildman–Crippen MR) is 85.9 cm³/mol. The third-order valence-corrected chi connectivity index (χ3v) is 3.46. The average molecular weight is 312 g/mol. The molecule has 0 aliphatic carbocycles. The summed E-state index contributed by atoms with van der Waals surface area (Å²) in [6.07, 6.45) is 1.45. The first kappa shape index (κ1) is 17.5. The Morgan fingerprint density at radius 1 is 1.43 bits per heavy atom. The van der Waals surface area contributed by atoms with Crippen LogP contribution in [-0.2, 0) is 4.79 Å². The largest absolute Gasteiger partial charge is 0.346 e. The van der Waals surface area contributed by atoms with E-state index in [9.17, 15) is 9.59 Å². The molecule has 1 aromatic rings. The zero-order chi connectivity index (χ0) is 14.8. The topological polar surface area (TPSA) is 75.4 Å². The molecule has 1 fully saturated rings. The molecule has 1 aromatic carbocycles. The smallest absolute Gasteiger partial charge is 0.251 e. The SMILES string of the molecule is CC(C)(CN)NC(=O)c1cccc(N2CCCC2=O)c1.Cl. The van der Waals surface area contributed by atoms with E-state index in [1.807, 2.05) is 19.9 Å². The quantitative estimate of drug-likeness (QED) is 0.888. The van der Waals surface area contributed by atoms with Gasteiger partial charge in [0.1, 0.15) is 0 Å². The number of hydrogen-bond donors (Lipinski definition) is 2. The van der Waals surface area contributed by atoms with Gasteiger partial charge in [0.15, 0.2) is 0 Å². The lowest BCUT2D eigenvalue weighted by Crippen LogP contribution is -2.48. The Bertz CT molecular complexity index is 531. The first-order valence-electron chi connectivity index (χ1n) is 6.86. The first-order valence-corrected chi connectivity index (χ1v) is 6.86. The summed E-state index contributed by atoms with van der Waals surface area (Å²) in [5, 5.41) is 2.88. The number of nitrogens with one attached hydrogen (secondary N) is 1. The Morgan fingerprint density at radius 2 is 2.14 bits per heavy atom. The van der Waals surface area contributed by atoms with Crippen LogP contribution in [-0.4, -0.2) is 30.4 Å². The summed E-state index contributed by atoms with van der Waals surface area (Å²) in [6, 6.07) is 7.15. The second-order valence-electron chi connectivity index (χ2n) is 5.74. The fourth-order valence-corrected chi connectivity index (χ4v) is 2.17. The van der Waals surface area contributed by atoms with E-state index in [1.165, 1.54) is 0 Å². The summed E-state index contributed by atoms with van der Waals surface area (Å²) in [5.41, 5.74) is 6.49. The van der Waals surface area contributed by atoms with Crippen LogP contribution in [0.1, 0.15) is 37.0 Å². The van der Waals surface area contributed by atoms with Crippen LogP contribution < -0.4 is 16.0 Å². The number of rotatable bonds is 4. The van der Waals surface area contributed by atoms with Gasteiger partial charge in [0.2, 0.25) is 5.91 Å². The van der Waals surface area contributed by atoms with Crippen LogP contribution in [0.5, 0.6) is 0 Å². The Morgan fingerprint density at radius 3 is 2.71 bits per heavy atom. The first-order chi connectivity index (χ1) is 9.43. The van der Waals surface area contributed by atoms with Crippen molar-refractivity contribution in [3.05, 3.63) is 29.8 Å². The highest BCUT2D eigenvalue weighted by atomic mass is 35.5.